The van der Waals surface area contributed by atoms with E-state index in [1.807, 2.05) is 0 Å². The standard InChI is InChI=1S/C14H19NO4/c1-10(16)5-3-4-8-19-12-7-6-11(14(15)17)9-13(12)18-2/h6-7,9H,3-5,8H2,1-2H3,(H2,15,17). The van der Waals surface area contributed by atoms with E-state index in [-0.39, 0.29) is 5.78 Å². The van der Waals surface area contributed by atoms with Gasteiger partial charge in [-0.05, 0) is 38.0 Å². The SMILES string of the molecule is COc1cc(C(N)=O)ccc1OCCCCC(C)=O. The molecule has 1 aromatic rings. The van der Waals surface area contributed by atoms with Gasteiger partial charge in [-0.25, -0.2) is 0 Å². The molecule has 1 aromatic carbocycles. The molecule has 0 heterocycles. The fourth-order valence-corrected chi connectivity index (χ4v) is 1.60. The molecule has 0 aromatic heterocycles. The van der Waals surface area contributed by atoms with Gasteiger partial charge in [0.25, 0.3) is 0 Å². The third kappa shape index (κ3) is 4.99. The van der Waals surface area contributed by atoms with Crippen LogP contribution in [-0.2, 0) is 4.79 Å². The molecule has 0 aliphatic carbocycles. The van der Waals surface area contributed by atoms with Crippen molar-refractivity contribution in [3.63, 3.8) is 0 Å². The Bertz CT molecular complexity index is 457. The molecule has 5 nitrogen and oxygen atoms in total. The van der Waals surface area contributed by atoms with Crippen molar-refractivity contribution in [2.75, 3.05) is 13.7 Å². The van der Waals surface area contributed by atoms with Gasteiger partial charge in [0, 0.05) is 12.0 Å². The number of Topliss-reactive ketones (excluding diaryl/α,β-unsaturated/α-hetero) is 1. The fraction of sp³-hybridized carbons (Fsp3) is 0.429. The van der Waals surface area contributed by atoms with Crippen LogP contribution in [-0.4, -0.2) is 25.4 Å². The molecular formula is C14H19NO4. The van der Waals surface area contributed by atoms with Crippen LogP contribution in [0.5, 0.6) is 11.5 Å². The van der Waals surface area contributed by atoms with E-state index in [9.17, 15) is 9.59 Å². The zero-order valence-electron chi connectivity index (χ0n) is 11.3. The molecule has 0 spiro atoms. The lowest BCUT2D eigenvalue weighted by atomic mass is 10.2. The van der Waals surface area contributed by atoms with Crippen molar-refractivity contribution in [2.24, 2.45) is 5.73 Å². The Labute approximate surface area is 112 Å². The summed E-state index contributed by atoms with van der Waals surface area (Å²) in [5, 5.41) is 0. The van der Waals surface area contributed by atoms with E-state index in [2.05, 4.69) is 0 Å². The summed E-state index contributed by atoms with van der Waals surface area (Å²) in [5.74, 6) is 0.716. The summed E-state index contributed by atoms with van der Waals surface area (Å²) in [5.41, 5.74) is 5.56. The summed E-state index contributed by atoms with van der Waals surface area (Å²) in [6.45, 7) is 2.08. The molecule has 104 valence electrons. The van der Waals surface area contributed by atoms with Crippen LogP contribution in [0.2, 0.25) is 0 Å². The molecule has 0 aliphatic rings. The Balaban J connectivity index is 2.53. The van der Waals surface area contributed by atoms with Gasteiger partial charge in [-0.3, -0.25) is 4.79 Å². The number of primary amides is 1. The highest BCUT2D eigenvalue weighted by Gasteiger charge is 2.08. The van der Waals surface area contributed by atoms with Gasteiger partial charge in [-0.1, -0.05) is 0 Å². The van der Waals surface area contributed by atoms with Crippen LogP contribution in [0.15, 0.2) is 18.2 Å². The molecule has 0 unspecified atom stereocenters. The average molecular weight is 265 g/mol. The summed E-state index contributed by atoms with van der Waals surface area (Å²) in [7, 11) is 1.50. The van der Waals surface area contributed by atoms with E-state index >= 15 is 0 Å². The number of nitrogens with two attached hydrogens (primary N) is 1. The maximum atomic E-state index is 11.0. The minimum absolute atomic E-state index is 0.184. The van der Waals surface area contributed by atoms with Gasteiger partial charge in [0.2, 0.25) is 5.91 Å². The highest BCUT2D eigenvalue weighted by atomic mass is 16.5. The number of carbonyl (C=O) groups excluding carboxylic acids is 2. The number of amides is 1. The fourth-order valence-electron chi connectivity index (χ4n) is 1.60. The second kappa shape index (κ2) is 7.41. The third-order valence-corrected chi connectivity index (χ3v) is 2.63. The van der Waals surface area contributed by atoms with Crippen LogP contribution >= 0.6 is 0 Å². The van der Waals surface area contributed by atoms with Crippen LogP contribution in [0.25, 0.3) is 0 Å². The zero-order valence-corrected chi connectivity index (χ0v) is 11.3. The maximum absolute atomic E-state index is 11.0. The van der Waals surface area contributed by atoms with Crippen LogP contribution in [0.1, 0.15) is 36.5 Å². The maximum Gasteiger partial charge on any atom is 0.248 e. The number of carbonyl (C=O) groups is 2. The van der Waals surface area contributed by atoms with Gasteiger partial charge >= 0.3 is 0 Å². The van der Waals surface area contributed by atoms with Crippen LogP contribution in [0.3, 0.4) is 0 Å². The molecule has 1 rings (SSSR count). The first-order valence-corrected chi connectivity index (χ1v) is 6.14. The van der Waals surface area contributed by atoms with Crippen molar-refractivity contribution >= 4 is 11.7 Å². The number of ether oxygens (including phenoxy) is 2. The predicted octanol–water partition coefficient (Wildman–Crippen LogP) is 1.93. The lowest BCUT2D eigenvalue weighted by Gasteiger charge is -2.11. The predicted molar refractivity (Wildman–Crippen MR) is 71.5 cm³/mol. The van der Waals surface area contributed by atoms with Crippen molar-refractivity contribution in [2.45, 2.75) is 26.2 Å². The highest BCUT2D eigenvalue weighted by Crippen LogP contribution is 2.28. The second-order valence-corrected chi connectivity index (χ2v) is 4.24. The Morgan fingerprint density at radius 3 is 2.53 bits per heavy atom. The number of methoxy groups -OCH3 is 1. The minimum atomic E-state index is -0.508. The first-order valence-electron chi connectivity index (χ1n) is 6.14. The van der Waals surface area contributed by atoms with Crippen molar-refractivity contribution in [3.05, 3.63) is 23.8 Å². The number of rotatable bonds is 8. The summed E-state index contributed by atoms with van der Waals surface area (Å²) in [6.07, 6.45) is 2.17. The van der Waals surface area contributed by atoms with E-state index in [1.165, 1.54) is 7.11 Å². The van der Waals surface area contributed by atoms with E-state index in [4.69, 9.17) is 15.2 Å². The molecule has 5 heteroatoms. The van der Waals surface area contributed by atoms with E-state index in [1.54, 1.807) is 25.1 Å². The van der Waals surface area contributed by atoms with E-state index in [0.717, 1.165) is 12.8 Å². The van der Waals surface area contributed by atoms with Gasteiger partial charge in [0.05, 0.1) is 13.7 Å². The number of ketones is 1. The third-order valence-electron chi connectivity index (χ3n) is 2.63. The van der Waals surface area contributed by atoms with Gasteiger partial charge in [-0.2, -0.15) is 0 Å². The first kappa shape index (κ1) is 15.0. The minimum Gasteiger partial charge on any atom is -0.493 e. The summed E-state index contributed by atoms with van der Waals surface area (Å²) in [4.78, 5) is 21.8. The van der Waals surface area contributed by atoms with Crippen LogP contribution < -0.4 is 15.2 Å². The van der Waals surface area contributed by atoms with Crippen molar-refractivity contribution < 1.29 is 19.1 Å². The Morgan fingerprint density at radius 2 is 1.95 bits per heavy atom. The molecule has 0 saturated carbocycles. The lowest BCUT2D eigenvalue weighted by molar-refractivity contribution is -0.117. The van der Waals surface area contributed by atoms with Gasteiger partial charge < -0.3 is 20.0 Å². The topological polar surface area (TPSA) is 78.6 Å². The van der Waals surface area contributed by atoms with E-state index < -0.39 is 5.91 Å². The normalized spacial score (nSPS) is 10.0. The Kier molecular flexibility index (Phi) is 5.85. The van der Waals surface area contributed by atoms with Gasteiger partial charge in [0.1, 0.15) is 5.78 Å². The summed E-state index contributed by atoms with van der Waals surface area (Å²) < 4.78 is 10.7. The second-order valence-electron chi connectivity index (χ2n) is 4.24. The number of benzene rings is 1. The molecule has 0 bridgehead atoms. The molecule has 0 radical (unpaired) electrons. The molecule has 0 atom stereocenters. The molecule has 0 aliphatic heterocycles. The molecule has 0 saturated heterocycles. The van der Waals surface area contributed by atoms with Crippen molar-refractivity contribution in [1.82, 2.24) is 0 Å². The highest BCUT2D eigenvalue weighted by molar-refractivity contribution is 5.93. The van der Waals surface area contributed by atoms with Crippen molar-refractivity contribution in [3.8, 4) is 11.5 Å². The smallest absolute Gasteiger partial charge is 0.248 e. The van der Waals surface area contributed by atoms with Gasteiger partial charge in [-0.15, -0.1) is 0 Å². The molecule has 0 fully saturated rings. The summed E-state index contributed by atoms with van der Waals surface area (Å²) in [6, 6.07) is 4.80. The Morgan fingerprint density at radius 1 is 1.21 bits per heavy atom. The Hall–Kier alpha value is -2.04. The van der Waals surface area contributed by atoms with Crippen LogP contribution in [0, 0.1) is 0 Å². The molecule has 2 N–H and O–H groups in total. The monoisotopic (exact) mass is 265 g/mol. The number of hydrogen-bond acceptors (Lipinski definition) is 4. The largest absolute Gasteiger partial charge is 0.493 e. The van der Waals surface area contributed by atoms with Gasteiger partial charge in [0.15, 0.2) is 11.5 Å². The van der Waals surface area contributed by atoms with E-state index in [0.29, 0.717) is 30.1 Å². The first-order chi connectivity index (χ1) is 9.04. The van der Waals surface area contributed by atoms with Crippen molar-refractivity contribution in [1.29, 1.82) is 0 Å². The molecular weight excluding hydrogens is 246 g/mol. The quantitative estimate of drug-likeness (QED) is 0.728. The zero-order chi connectivity index (χ0) is 14.3. The lowest BCUT2D eigenvalue weighted by Crippen LogP contribution is -2.11. The molecule has 19 heavy (non-hydrogen) atoms. The average Bonchev–Trinajstić information content (AvgIpc) is 2.37. The molecule has 1 amide bonds. The number of hydrogen-bond donors (Lipinski definition) is 1. The van der Waals surface area contributed by atoms with Crippen LogP contribution in [0.4, 0.5) is 0 Å². The number of unbranched alkanes of at least 4 members (excludes halogenated alkanes) is 1. The summed E-state index contributed by atoms with van der Waals surface area (Å²) >= 11 is 0.